The zero-order valence-corrected chi connectivity index (χ0v) is 19.8. The van der Waals surface area contributed by atoms with E-state index in [2.05, 4.69) is 49.9 Å². The van der Waals surface area contributed by atoms with Crippen LogP contribution >= 0.6 is 11.6 Å². The van der Waals surface area contributed by atoms with Crippen LogP contribution in [-0.2, 0) is 0 Å². The average Bonchev–Trinajstić information content (AvgIpc) is 2.77. The Hall–Kier alpha value is -3.24. The van der Waals surface area contributed by atoms with Crippen molar-refractivity contribution in [3.05, 3.63) is 82.9 Å². The standard InChI is InChI=1S/C27H27ClN2O2/c1-18-16-27(2,3)30(4)26-15-25(28)19(13-24(18)26)17-29-20-9-11-21(12-10-20)32-23-8-6-7-22(14-23)31-5/h6-17H,1-5H3. The molecular formula is C27H27ClN2O2. The molecule has 164 valence electrons. The molecule has 0 radical (unpaired) electrons. The molecule has 32 heavy (non-hydrogen) atoms. The molecule has 0 saturated carbocycles. The highest BCUT2D eigenvalue weighted by molar-refractivity contribution is 6.33. The highest BCUT2D eigenvalue weighted by Crippen LogP contribution is 2.40. The molecule has 0 unspecified atom stereocenters. The van der Waals surface area contributed by atoms with Crippen LogP contribution in [0.3, 0.4) is 0 Å². The minimum absolute atomic E-state index is 0.0509. The largest absolute Gasteiger partial charge is 0.497 e. The van der Waals surface area contributed by atoms with Crippen LogP contribution < -0.4 is 14.4 Å². The SMILES string of the molecule is COc1cccc(Oc2ccc(N=Cc3cc4c(cc3Cl)N(C)C(C)(C)C=C4C)cc2)c1. The van der Waals surface area contributed by atoms with Gasteiger partial charge in [0, 0.05) is 36.1 Å². The van der Waals surface area contributed by atoms with Crippen molar-refractivity contribution in [2.75, 3.05) is 19.1 Å². The van der Waals surface area contributed by atoms with E-state index >= 15 is 0 Å². The molecular weight excluding hydrogens is 420 g/mol. The topological polar surface area (TPSA) is 34.1 Å². The molecule has 0 aromatic heterocycles. The van der Waals surface area contributed by atoms with Crippen molar-refractivity contribution < 1.29 is 9.47 Å². The molecule has 0 aliphatic carbocycles. The maximum atomic E-state index is 6.61. The van der Waals surface area contributed by atoms with Crippen LogP contribution in [0.15, 0.2) is 71.7 Å². The van der Waals surface area contributed by atoms with Gasteiger partial charge in [0.05, 0.1) is 23.4 Å². The van der Waals surface area contributed by atoms with Gasteiger partial charge in [-0.25, -0.2) is 0 Å². The first-order valence-electron chi connectivity index (χ1n) is 10.5. The predicted octanol–water partition coefficient (Wildman–Crippen LogP) is 7.52. The van der Waals surface area contributed by atoms with E-state index in [1.165, 1.54) is 11.1 Å². The quantitative estimate of drug-likeness (QED) is 0.380. The van der Waals surface area contributed by atoms with E-state index in [-0.39, 0.29) is 5.54 Å². The minimum atomic E-state index is -0.0509. The number of fused-ring (bicyclic) bond motifs is 1. The average molecular weight is 447 g/mol. The van der Waals surface area contributed by atoms with E-state index < -0.39 is 0 Å². The Bertz CT molecular complexity index is 1200. The lowest BCUT2D eigenvalue weighted by molar-refractivity contribution is 0.409. The van der Waals surface area contributed by atoms with Crippen LogP contribution in [0, 0.1) is 0 Å². The maximum Gasteiger partial charge on any atom is 0.131 e. The first-order valence-corrected chi connectivity index (χ1v) is 10.9. The number of halogens is 1. The van der Waals surface area contributed by atoms with Crippen LogP contribution in [-0.4, -0.2) is 25.9 Å². The molecule has 4 nitrogen and oxygen atoms in total. The Labute approximate surface area is 194 Å². The molecule has 0 N–H and O–H groups in total. The molecule has 1 aliphatic heterocycles. The van der Waals surface area contributed by atoms with Crippen molar-refractivity contribution >= 4 is 34.8 Å². The predicted molar refractivity (Wildman–Crippen MR) is 134 cm³/mol. The Morgan fingerprint density at radius 2 is 1.69 bits per heavy atom. The van der Waals surface area contributed by atoms with Gasteiger partial charge in [0.1, 0.15) is 17.2 Å². The summed E-state index contributed by atoms with van der Waals surface area (Å²) in [6.07, 6.45) is 4.10. The van der Waals surface area contributed by atoms with Gasteiger partial charge in [-0.15, -0.1) is 0 Å². The Morgan fingerprint density at radius 1 is 0.969 bits per heavy atom. The summed E-state index contributed by atoms with van der Waals surface area (Å²) in [5.74, 6) is 2.21. The molecule has 3 aromatic rings. The number of allylic oxidation sites excluding steroid dienone is 1. The number of methoxy groups -OCH3 is 1. The van der Waals surface area contributed by atoms with E-state index in [0.29, 0.717) is 5.02 Å². The summed E-state index contributed by atoms with van der Waals surface area (Å²) < 4.78 is 11.1. The lowest BCUT2D eigenvalue weighted by atomic mass is 9.88. The highest BCUT2D eigenvalue weighted by Gasteiger charge is 2.29. The fourth-order valence-corrected chi connectivity index (χ4v) is 4.04. The van der Waals surface area contributed by atoms with Crippen LogP contribution in [0.25, 0.3) is 5.57 Å². The third-order valence-corrected chi connectivity index (χ3v) is 6.13. The molecule has 3 aromatic carbocycles. The lowest BCUT2D eigenvalue weighted by Crippen LogP contribution is -2.42. The fourth-order valence-electron chi connectivity index (χ4n) is 3.83. The Morgan fingerprint density at radius 3 is 2.41 bits per heavy atom. The number of hydrogen-bond acceptors (Lipinski definition) is 4. The summed E-state index contributed by atoms with van der Waals surface area (Å²) in [4.78, 5) is 6.87. The normalized spacial score (nSPS) is 14.8. The molecule has 1 heterocycles. The zero-order valence-electron chi connectivity index (χ0n) is 19.0. The number of nitrogens with zero attached hydrogens (tertiary/aromatic N) is 2. The summed E-state index contributed by atoms with van der Waals surface area (Å²) >= 11 is 6.61. The second-order valence-electron chi connectivity index (χ2n) is 8.46. The van der Waals surface area contributed by atoms with Crippen molar-refractivity contribution in [1.82, 2.24) is 0 Å². The molecule has 0 fully saturated rings. The maximum absolute atomic E-state index is 6.61. The zero-order chi connectivity index (χ0) is 22.9. The number of rotatable bonds is 5. The van der Waals surface area contributed by atoms with Crippen LogP contribution in [0.5, 0.6) is 17.2 Å². The summed E-state index contributed by atoms with van der Waals surface area (Å²) in [7, 11) is 3.73. The number of ether oxygens (including phenoxy) is 2. The van der Waals surface area contributed by atoms with Gasteiger partial charge in [-0.1, -0.05) is 23.7 Å². The van der Waals surface area contributed by atoms with E-state index in [0.717, 1.165) is 34.2 Å². The summed E-state index contributed by atoms with van der Waals surface area (Å²) in [6, 6.07) is 19.3. The third kappa shape index (κ3) is 4.51. The van der Waals surface area contributed by atoms with Crippen LogP contribution in [0.2, 0.25) is 5.02 Å². The second kappa shape index (κ2) is 8.71. The smallest absolute Gasteiger partial charge is 0.131 e. The van der Waals surface area contributed by atoms with Gasteiger partial charge in [0.25, 0.3) is 0 Å². The molecule has 0 amide bonds. The molecule has 4 rings (SSSR count). The lowest BCUT2D eigenvalue weighted by Gasteiger charge is -2.40. The number of likely N-dealkylation sites (N-methyl/N-ethyl adjacent to an activating group) is 1. The summed E-state index contributed by atoms with van der Waals surface area (Å²) in [6.45, 7) is 6.54. The monoisotopic (exact) mass is 446 g/mol. The van der Waals surface area contributed by atoms with Crippen LogP contribution in [0.1, 0.15) is 31.9 Å². The minimum Gasteiger partial charge on any atom is -0.497 e. The first-order chi connectivity index (χ1) is 15.3. The van der Waals surface area contributed by atoms with Crippen molar-refractivity contribution in [2.24, 2.45) is 4.99 Å². The van der Waals surface area contributed by atoms with Gasteiger partial charge in [-0.05, 0) is 74.9 Å². The molecule has 0 saturated heterocycles. The molecule has 5 heteroatoms. The van der Waals surface area contributed by atoms with Gasteiger partial charge in [-0.2, -0.15) is 0 Å². The number of hydrogen-bond donors (Lipinski definition) is 0. The van der Waals surface area contributed by atoms with E-state index in [1.54, 1.807) is 7.11 Å². The van der Waals surface area contributed by atoms with Gasteiger partial charge in [0.2, 0.25) is 0 Å². The van der Waals surface area contributed by atoms with Crippen molar-refractivity contribution in [1.29, 1.82) is 0 Å². The van der Waals surface area contributed by atoms with Gasteiger partial charge < -0.3 is 14.4 Å². The second-order valence-corrected chi connectivity index (χ2v) is 8.87. The molecule has 0 bridgehead atoms. The third-order valence-electron chi connectivity index (χ3n) is 5.80. The number of aliphatic imine (C=N–C) groups is 1. The van der Waals surface area contributed by atoms with Crippen molar-refractivity contribution in [3.8, 4) is 17.2 Å². The van der Waals surface area contributed by atoms with Gasteiger partial charge in [0.15, 0.2) is 0 Å². The molecule has 0 spiro atoms. The van der Waals surface area contributed by atoms with Gasteiger partial charge in [-0.3, -0.25) is 4.99 Å². The first kappa shape index (κ1) is 22.0. The molecule has 1 aliphatic rings. The highest BCUT2D eigenvalue weighted by atomic mass is 35.5. The van der Waals surface area contributed by atoms with Crippen LogP contribution in [0.4, 0.5) is 11.4 Å². The Kier molecular flexibility index (Phi) is 5.98. The van der Waals surface area contributed by atoms with E-state index in [1.807, 2.05) is 60.8 Å². The van der Waals surface area contributed by atoms with E-state index in [4.69, 9.17) is 21.1 Å². The van der Waals surface area contributed by atoms with E-state index in [9.17, 15) is 0 Å². The fraction of sp³-hybridized carbons (Fsp3) is 0.222. The van der Waals surface area contributed by atoms with Crippen molar-refractivity contribution in [2.45, 2.75) is 26.3 Å². The number of anilines is 1. The van der Waals surface area contributed by atoms with Crippen molar-refractivity contribution in [3.63, 3.8) is 0 Å². The molecule has 0 atom stereocenters. The Balaban J connectivity index is 1.53. The number of benzene rings is 3. The summed E-state index contributed by atoms with van der Waals surface area (Å²) in [5, 5.41) is 0.683. The summed E-state index contributed by atoms with van der Waals surface area (Å²) in [5.41, 5.74) is 5.22. The van der Waals surface area contributed by atoms with Gasteiger partial charge >= 0.3 is 0 Å².